The smallest absolute Gasteiger partial charge is 0.237 e. The van der Waals surface area contributed by atoms with Gasteiger partial charge in [-0.05, 0) is 60.2 Å². The second kappa shape index (κ2) is 11.7. The third-order valence-electron chi connectivity index (χ3n) is 9.26. The summed E-state index contributed by atoms with van der Waals surface area (Å²) in [5.74, 6) is 2.41. The molecule has 0 radical (unpaired) electrons. The zero-order valence-corrected chi connectivity index (χ0v) is 25.4. The number of carbonyl (C=O) groups is 3. The van der Waals surface area contributed by atoms with Gasteiger partial charge in [0.15, 0.2) is 0 Å². The summed E-state index contributed by atoms with van der Waals surface area (Å²) in [4.78, 5) is 42.1. The molecule has 1 spiro atoms. The maximum Gasteiger partial charge on any atom is 0.237 e. The van der Waals surface area contributed by atoms with Crippen LogP contribution in [0.25, 0.3) is 0 Å². The average Bonchev–Trinajstić information content (AvgIpc) is 3.29. The highest BCUT2D eigenvalue weighted by Gasteiger charge is 2.62. The van der Waals surface area contributed by atoms with Crippen molar-refractivity contribution < 1.29 is 19.1 Å². The molecule has 2 fully saturated rings. The molecule has 9 heteroatoms. The van der Waals surface area contributed by atoms with Gasteiger partial charge in [-0.2, -0.15) is 0 Å². The van der Waals surface area contributed by atoms with Crippen LogP contribution in [0.2, 0.25) is 5.02 Å². The molecule has 222 valence electrons. The maximum absolute atomic E-state index is 14.4. The molecule has 2 saturated heterocycles. The lowest BCUT2D eigenvalue weighted by Crippen LogP contribution is -2.59. The van der Waals surface area contributed by atoms with Gasteiger partial charge in [-0.15, -0.1) is 6.42 Å². The molecule has 2 aromatic rings. The summed E-state index contributed by atoms with van der Waals surface area (Å²) >= 11 is 12.9. The Morgan fingerprint density at radius 2 is 1.93 bits per heavy atom. The van der Waals surface area contributed by atoms with Crippen molar-refractivity contribution >= 4 is 46.6 Å². The Hall–Kier alpha value is -3.73. The molecule has 3 heterocycles. The normalized spacial score (nSPS) is 26.8. The Morgan fingerprint density at radius 1 is 1.14 bits per heavy atom. The van der Waals surface area contributed by atoms with Crippen LogP contribution in [0.1, 0.15) is 61.8 Å². The predicted molar refractivity (Wildman–Crippen MR) is 167 cm³/mol. The molecule has 1 unspecified atom stereocenters. The van der Waals surface area contributed by atoms with E-state index in [1.807, 2.05) is 48.3 Å². The van der Waals surface area contributed by atoms with Crippen LogP contribution in [0.4, 0.5) is 5.69 Å². The number of halogens is 2. The number of rotatable bonds is 5. The Balaban J connectivity index is 1.47. The number of ether oxygens (including phenoxy) is 1. The van der Waals surface area contributed by atoms with E-state index in [2.05, 4.69) is 16.6 Å². The first-order valence-corrected chi connectivity index (χ1v) is 15.5. The van der Waals surface area contributed by atoms with Gasteiger partial charge < -0.3 is 20.3 Å². The van der Waals surface area contributed by atoms with E-state index in [0.29, 0.717) is 71.4 Å². The molecule has 3 amide bonds. The molecule has 2 aromatic carbocycles. The summed E-state index contributed by atoms with van der Waals surface area (Å²) in [7, 11) is 0. The molecule has 43 heavy (non-hydrogen) atoms. The third kappa shape index (κ3) is 5.21. The number of hydrogen-bond acceptors (Lipinski definition) is 4. The molecule has 3 aliphatic heterocycles. The Bertz CT molecular complexity index is 1590. The standard InChI is InChI=1S/C34H33Cl2N3O4/c1-3-20-8-11-29(43-24-12-14-39(15-13-24)31(41)4-2)25(16-20)32-34(26-10-9-23(36)18-28(26)37-33(34)42)27(19-30(40)38-32)21-6-5-7-22(35)17-21/h1,5-11,16,18,21,24,27,32H,4,12-15,17,19H2,2H3,(H,37,42)(H,38,40)/t21?,27-,32+,34-/m0/s1. The van der Waals surface area contributed by atoms with Crippen molar-refractivity contribution in [2.24, 2.45) is 11.8 Å². The lowest BCUT2D eigenvalue weighted by atomic mass is 9.57. The van der Waals surface area contributed by atoms with Crippen molar-refractivity contribution in [2.75, 3.05) is 18.4 Å². The summed E-state index contributed by atoms with van der Waals surface area (Å²) in [6, 6.07) is 10.1. The summed E-state index contributed by atoms with van der Waals surface area (Å²) in [5.41, 5.74) is 1.43. The van der Waals surface area contributed by atoms with E-state index in [4.69, 9.17) is 34.4 Å². The Labute approximate surface area is 261 Å². The quantitative estimate of drug-likeness (QED) is 0.411. The second-order valence-corrected chi connectivity index (χ2v) is 12.6. The molecule has 0 bridgehead atoms. The summed E-state index contributed by atoms with van der Waals surface area (Å²) in [5, 5.41) is 7.43. The van der Waals surface area contributed by atoms with Gasteiger partial charge in [0.2, 0.25) is 17.7 Å². The largest absolute Gasteiger partial charge is 0.490 e. The molecular weight excluding hydrogens is 585 g/mol. The number of hydrogen-bond donors (Lipinski definition) is 2. The average molecular weight is 619 g/mol. The molecule has 4 atom stereocenters. The van der Waals surface area contributed by atoms with Crippen LogP contribution < -0.4 is 15.4 Å². The lowest BCUT2D eigenvalue weighted by molar-refractivity contribution is -0.135. The molecule has 0 saturated carbocycles. The highest BCUT2D eigenvalue weighted by atomic mass is 35.5. The number of carbonyl (C=O) groups excluding carboxylic acids is 3. The first kappa shape index (κ1) is 29.3. The number of benzene rings is 2. The zero-order valence-electron chi connectivity index (χ0n) is 23.9. The predicted octanol–water partition coefficient (Wildman–Crippen LogP) is 5.87. The minimum Gasteiger partial charge on any atom is -0.490 e. The topological polar surface area (TPSA) is 87.7 Å². The van der Waals surface area contributed by atoms with Crippen molar-refractivity contribution in [2.45, 2.75) is 56.6 Å². The number of likely N-dealkylation sites (tertiary alicyclic amines) is 1. The third-order valence-corrected chi connectivity index (χ3v) is 9.78. The molecule has 7 nitrogen and oxygen atoms in total. The van der Waals surface area contributed by atoms with E-state index in [0.717, 1.165) is 5.56 Å². The summed E-state index contributed by atoms with van der Waals surface area (Å²) < 4.78 is 6.62. The number of nitrogens with one attached hydrogen (secondary N) is 2. The van der Waals surface area contributed by atoms with Crippen LogP contribution in [-0.4, -0.2) is 41.8 Å². The highest BCUT2D eigenvalue weighted by molar-refractivity contribution is 6.31. The van der Waals surface area contributed by atoms with Gasteiger partial charge in [-0.25, -0.2) is 0 Å². The molecule has 4 aliphatic rings. The number of allylic oxidation sites excluding steroid dienone is 4. The monoisotopic (exact) mass is 617 g/mol. The van der Waals surface area contributed by atoms with Gasteiger partial charge >= 0.3 is 0 Å². The minimum absolute atomic E-state index is 0.133. The van der Waals surface area contributed by atoms with E-state index >= 15 is 0 Å². The van der Waals surface area contributed by atoms with E-state index in [-0.39, 0.29) is 36.2 Å². The molecular formula is C34H33Cl2N3O4. The maximum atomic E-state index is 14.4. The van der Waals surface area contributed by atoms with Gasteiger partial charge in [-0.3, -0.25) is 14.4 Å². The van der Waals surface area contributed by atoms with Crippen molar-refractivity contribution in [1.82, 2.24) is 10.2 Å². The molecule has 6 rings (SSSR count). The SMILES string of the molecule is C#Cc1ccc(OC2CCN(C(=O)CC)CC2)c([C@H]2NC(=O)C[C@@H](C3C=CC=C(Cl)C3)[C@]23C(=O)Nc2cc(Cl)ccc23)c1. The fraction of sp³-hybridized carbons (Fsp3) is 0.382. The number of anilines is 1. The van der Waals surface area contributed by atoms with Gasteiger partial charge in [0.1, 0.15) is 17.3 Å². The summed E-state index contributed by atoms with van der Waals surface area (Å²) in [6.45, 7) is 3.09. The van der Waals surface area contributed by atoms with Crippen LogP contribution in [0.5, 0.6) is 5.75 Å². The van der Waals surface area contributed by atoms with Crippen molar-refractivity contribution in [3.05, 3.63) is 81.4 Å². The Kier molecular flexibility index (Phi) is 8.02. The van der Waals surface area contributed by atoms with Crippen LogP contribution in [0.15, 0.2) is 59.7 Å². The van der Waals surface area contributed by atoms with E-state index in [9.17, 15) is 14.4 Å². The number of amides is 3. The van der Waals surface area contributed by atoms with Crippen LogP contribution >= 0.6 is 23.2 Å². The van der Waals surface area contributed by atoms with Crippen LogP contribution in [-0.2, 0) is 19.8 Å². The minimum atomic E-state index is -1.19. The van der Waals surface area contributed by atoms with Crippen LogP contribution in [0.3, 0.4) is 0 Å². The van der Waals surface area contributed by atoms with E-state index in [1.165, 1.54) is 0 Å². The fourth-order valence-electron chi connectivity index (χ4n) is 7.24. The number of nitrogens with zero attached hydrogens (tertiary/aromatic N) is 1. The fourth-order valence-corrected chi connectivity index (χ4v) is 7.66. The summed E-state index contributed by atoms with van der Waals surface area (Å²) in [6.07, 6.45) is 14.0. The molecule has 0 aromatic heterocycles. The van der Waals surface area contributed by atoms with Gasteiger partial charge in [0.05, 0.1) is 6.04 Å². The van der Waals surface area contributed by atoms with Crippen molar-refractivity contribution in [1.29, 1.82) is 0 Å². The van der Waals surface area contributed by atoms with E-state index in [1.54, 1.807) is 18.2 Å². The van der Waals surface area contributed by atoms with Gasteiger partial charge in [0, 0.05) is 65.6 Å². The molecule has 2 N–H and O–H groups in total. The number of piperidine rings is 2. The molecule has 1 aliphatic carbocycles. The lowest BCUT2D eigenvalue weighted by Gasteiger charge is -2.49. The van der Waals surface area contributed by atoms with Crippen molar-refractivity contribution in [3.8, 4) is 18.1 Å². The number of fused-ring (bicyclic) bond motifs is 2. The van der Waals surface area contributed by atoms with Gasteiger partial charge in [0.25, 0.3) is 0 Å². The Morgan fingerprint density at radius 3 is 2.65 bits per heavy atom. The highest BCUT2D eigenvalue weighted by Crippen LogP contribution is 2.58. The first-order valence-electron chi connectivity index (χ1n) is 14.7. The van der Waals surface area contributed by atoms with Gasteiger partial charge in [-0.1, -0.05) is 54.3 Å². The number of terminal acetylenes is 1. The van der Waals surface area contributed by atoms with Crippen LogP contribution in [0, 0.1) is 24.2 Å². The second-order valence-electron chi connectivity index (χ2n) is 11.6. The first-order chi connectivity index (χ1) is 20.7. The van der Waals surface area contributed by atoms with Crippen molar-refractivity contribution in [3.63, 3.8) is 0 Å². The van der Waals surface area contributed by atoms with E-state index < -0.39 is 17.4 Å². The zero-order chi connectivity index (χ0) is 30.3.